The summed E-state index contributed by atoms with van der Waals surface area (Å²) in [5, 5.41) is 0. The summed E-state index contributed by atoms with van der Waals surface area (Å²) >= 11 is 0. The lowest BCUT2D eigenvalue weighted by atomic mass is 9.72. The highest BCUT2D eigenvalue weighted by atomic mass is 15.1. The maximum Gasteiger partial charge on any atom is 0.0361 e. The SMILES string of the molecule is CN(C)c1ccc(C(c2ccc(N(C)C)cc2)C(c2ccc3cccccc2-3)c2ccc3cccccc2-3)cc1. The molecule has 0 aromatic heterocycles. The van der Waals surface area contributed by atoms with Crippen LogP contribution in [0.1, 0.15) is 34.1 Å². The van der Waals surface area contributed by atoms with Gasteiger partial charge in [-0.3, -0.25) is 0 Å². The Bertz CT molecular complexity index is 1520. The van der Waals surface area contributed by atoms with Crippen LogP contribution in [0.2, 0.25) is 0 Å². The lowest BCUT2D eigenvalue weighted by Gasteiger charge is -2.31. The van der Waals surface area contributed by atoms with Crippen molar-refractivity contribution >= 4 is 11.4 Å². The van der Waals surface area contributed by atoms with E-state index < -0.39 is 0 Å². The molecule has 4 aliphatic carbocycles. The number of fused-ring (bicyclic) bond motifs is 2. The fourth-order valence-electron chi connectivity index (χ4n) is 6.08. The van der Waals surface area contributed by atoms with Crippen molar-refractivity contribution in [3.05, 3.63) is 156 Å². The van der Waals surface area contributed by atoms with Crippen LogP contribution >= 0.6 is 0 Å². The predicted octanol–water partition coefficient (Wildman–Crippen LogP) is 8.99. The molecule has 0 saturated carbocycles. The van der Waals surface area contributed by atoms with Gasteiger partial charge < -0.3 is 9.80 Å². The van der Waals surface area contributed by atoms with Crippen molar-refractivity contribution in [3.63, 3.8) is 0 Å². The molecule has 2 heteroatoms. The molecule has 0 fully saturated rings. The molecule has 2 nitrogen and oxygen atoms in total. The van der Waals surface area contributed by atoms with Crippen LogP contribution in [-0.4, -0.2) is 28.2 Å². The largest absolute Gasteiger partial charge is 0.378 e. The summed E-state index contributed by atoms with van der Waals surface area (Å²) in [4.78, 5) is 4.33. The number of rotatable bonds is 7. The first-order chi connectivity index (χ1) is 19.5. The van der Waals surface area contributed by atoms with Gasteiger partial charge in [-0.2, -0.15) is 0 Å². The van der Waals surface area contributed by atoms with E-state index in [4.69, 9.17) is 0 Å². The lowest BCUT2D eigenvalue weighted by Crippen LogP contribution is -2.16. The lowest BCUT2D eigenvalue weighted by molar-refractivity contribution is 0.700. The van der Waals surface area contributed by atoms with Crippen LogP contribution in [0.25, 0.3) is 22.3 Å². The minimum Gasteiger partial charge on any atom is -0.378 e. The molecule has 6 rings (SSSR count). The number of anilines is 2. The summed E-state index contributed by atoms with van der Waals surface area (Å²) < 4.78 is 0. The van der Waals surface area contributed by atoms with Gasteiger partial charge in [0.05, 0.1) is 0 Å². The average Bonchev–Trinajstić information content (AvgIpc) is 3.35. The third-order valence-electron chi connectivity index (χ3n) is 8.19. The molecule has 0 heterocycles. The third kappa shape index (κ3) is 4.82. The summed E-state index contributed by atoms with van der Waals surface area (Å²) in [7, 11) is 8.39. The molecule has 0 spiro atoms. The van der Waals surface area contributed by atoms with Gasteiger partial charge in [0.2, 0.25) is 0 Å². The fraction of sp³-hybridized carbons (Fsp3) is 0.158. The Kier molecular flexibility index (Phi) is 7.00. The first kappa shape index (κ1) is 25.7. The first-order valence-corrected chi connectivity index (χ1v) is 14.0. The van der Waals surface area contributed by atoms with Gasteiger partial charge in [0.15, 0.2) is 0 Å². The van der Waals surface area contributed by atoms with Crippen molar-refractivity contribution in [2.75, 3.05) is 38.0 Å². The van der Waals surface area contributed by atoms with Gasteiger partial charge in [-0.05, 0) is 68.8 Å². The smallest absolute Gasteiger partial charge is 0.0361 e. The number of benzene rings is 2. The quantitative estimate of drug-likeness (QED) is 0.207. The molecule has 0 saturated heterocycles. The van der Waals surface area contributed by atoms with E-state index >= 15 is 0 Å². The van der Waals surface area contributed by atoms with Crippen LogP contribution in [0, 0.1) is 0 Å². The molecular weight excluding hydrogens is 484 g/mol. The van der Waals surface area contributed by atoms with E-state index in [0.717, 1.165) is 0 Å². The molecule has 40 heavy (non-hydrogen) atoms. The zero-order valence-electron chi connectivity index (χ0n) is 23.8. The highest BCUT2D eigenvalue weighted by molar-refractivity contribution is 5.77. The third-order valence-corrected chi connectivity index (χ3v) is 8.19. The minimum absolute atomic E-state index is 0.121. The molecule has 0 N–H and O–H groups in total. The zero-order chi connectivity index (χ0) is 27.6. The van der Waals surface area contributed by atoms with E-state index in [2.05, 4.69) is 171 Å². The van der Waals surface area contributed by atoms with Crippen LogP contribution in [0.15, 0.2) is 133 Å². The fourth-order valence-corrected chi connectivity index (χ4v) is 6.08. The molecule has 0 radical (unpaired) electrons. The van der Waals surface area contributed by atoms with E-state index in [1.165, 1.54) is 55.9 Å². The van der Waals surface area contributed by atoms with Gasteiger partial charge in [0.1, 0.15) is 0 Å². The summed E-state index contributed by atoms with van der Waals surface area (Å²) in [5.74, 6) is 0.245. The van der Waals surface area contributed by atoms with Crippen molar-refractivity contribution in [2.45, 2.75) is 11.8 Å². The van der Waals surface area contributed by atoms with Gasteiger partial charge in [-0.1, -0.05) is 109 Å². The normalized spacial score (nSPS) is 11.4. The maximum absolute atomic E-state index is 2.35. The Labute approximate surface area is 238 Å². The number of hydrogen-bond donors (Lipinski definition) is 0. The molecule has 0 unspecified atom stereocenters. The Morgan fingerprint density at radius 2 is 0.775 bits per heavy atom. The van der Waals surface area contributed by atoms with Crippen molar-refractivity contribution in [2.24, 2.45) is 0 Å². The highest BCUT2D eigenvalue weighted by Crippen LogP contribution is 2.50. The van der Waals surface area contributed by atoms with Gasteiger partial charge in [0.25, 0.3) is 0 Å². The van der Waals surface area contributed by atoms with Crippen LogP contribution < -0.4 is 9.80 Å². The Balaban J connectivity index is 1.62. The van der Waals surface area contributed by atoms with Gasteiger partial charge in [0, 0.05) is 51.4 Å². The molecular formula is C38H36N2. The van der Waals surface area contributed by atoms with Crippen LogP contribution in [0.4, 0.5) is 11.4 Å². The van der Waals surface area contributed by atoms with E-state index in [1.807, 2.05) is 0 Å². The summed E-state index contributed by atoms with van der Waals surface area (Å²) in [6, 6.07) is 49.4. The maximum atomic E-state index is 2.35. The van der Waals surface area contributed by atoms with E-state index in [9.17, 15) is 0 Å². The molecule has 0 atom stereocenters. The summed E-state index contributed by atoms with van der Waals surface area (Å²) in [5.41, 5.74) is 12.9. The van der Waals surface area contributed by atoms with Crippen LogP contribution in [0.3, 0.4) is 0 Å². The standard InChI is InChI=1S/C38H36N2/c1-39(2)31-21-15-29(16-22-31)37(30-17-23-32(24-18-30)40(3)4)38(35-25-19-27-11-7-5-9-13-33(27)35)36-26-20-28-12-8-6-10-14-34(28)36/h5-26,37-38H,1-4H3. The average molecular weight is 521 g/mol. The Hall–Kier alpha value is -4.56. The summed E-state index contributed by atoms with van der Waals surface area (Å²) in [6.07, 6.45) is 0. The monoisotopic (exact) mass is 520 g/mol. The molecule has 2 aromatic carbocycles. The van der Waals surface area contributed by atoms with Gasteiger partial charge in [-0.15, -0.1) is 0 Å². The van der Waals surface area contributed by atoms with Crippen molar-refractivity contribution in [1.82, 2.24) is 0 Å². The second-order valence-electron chi connectivity index (χ2n) is 11.1. The van der Waals surface area contributed by atoms with Crippen molar-refractivity contribution in [3.8, 4) is 22.3 Å². The zero-order valence-corrected chi connectivity index (χ0v) is 23.8. The highest BCUT2D eigenvalue weighted by Gasteiger charge is 2.33. The minimum atomic E-state index is 0.121. The molecule has 198 valence electrons. The van der Waals surface area contributed by atoms with Crippen molar-refractivity contribution < 1.29 is 0 Å². The van der Waals surface area contributed by atoms with E-state index in [1.54, 1.807) is 0 Å². The summed E-state index contributed by atoms with van der Waals surface area (Å²) in [6.45, 7) is 0. The Morgan fingerprint density at radius 1 is 0.375 bits per heavy atom. The molecule has 4 aliphatic rings. The first-order valence-electron chi connectivity index (χ1n) is 14.0. The number of nitrogens with zero attached hydrogens (tertiary/aromatic N) is 2. The van der Waals surface area contributed by atoms with Crippen LogP contribution in [0.5, 0.6) is 0 Å². The van der Waals surface area contributed by atoms with Gasteiger partial charge in [-0.25, -0.2) is 0 Å². The molecule has 0 aliphatic heterocycles. The van der Waals surface area contributed by atoms with E-state index in [-0.39, 0.29) is 11.8 Å². The van der Waals surface area contributed by atoms with Gasteiger partial charge >= 0.3 is 0 Å². The van der Waals surface area contributed by atoms with Crippen molar-refractivity contribution in [1.29, 1.82) is 0 Å². The molecule has 0 amide bonds. The molecule has 2 aromatic rings. The second kappa shape index (κ2) is 10.9. The molecule has 0 bridgehead atoms. The second-order valence-corrected chi connectivity index (χ2v) is 11.1. The Morgan fingerprint density at radius 3 is 1.18 bits per heavy atom. The number of hydrogen-bond acceptors (Lipinski definition) is 2. The van der Waals surface area contributed by atoms with E-state index in [0.29, 0.717) is 0 Å². The predicted molar refractivity (Wildman–Crippen MR) is 171 cm³/mol. The van der Waals surface area contributed by atoms with Crippen LogP contribution in [-0.2, 0) is 0 Å². The topological polar surface area (TPSA) is 6.48 Å².